The van der Waals surface area contributed by atoms with Crippen molar-refractivity contribution < 1.29 is 18.0 Å². The minimum atomic E-state index is -1.14. The SMILES string of the molecule is O=C1CCC(n2cnc(Cl)c2Cl)=C(c2c(F)cc(F)cc2F)N1. The lowest BCUT2D eigenvalue weighted by Gasteiger charge is -2.23. The maximum absolute atomic E-state index is 14.1. The number of nitrogens with zero attached hydrogens (tertiary/aromatic N) is 2. The second-order valence-electron chi connectivity index (χ2n) is 4.81. The molecule has 0 bridgehead atoms. The fourth-order valence-electron chi connectivity index (χ4n) is 2.36. The molecule has 9 heteroatoms. The average molecular weight is 362 g/mol. The molecule has 0 unspecified atom stereocenters. The molecule has 0 radical (unpaired) electrons. The molecule has 23 heavy (non-hydrogen) atoms. The molecule has 1 aromatic carbocycles. The van der Waals surface area contributed by atoms with E-state index in [1.807, 2.05) is 0 Å². The van der Waals surface area contributed by atoms with Crippen LogP contribution >= 0.6 is 23.2 Å². The summed E-state index contributed by atoms with van der Waals surface area (Å²) in [6, 6.07) is 1.07. The van der Waals surface area contributed by atoms with E-state index in [1.165, 1.54) is 10.9 Å². The Hall–Kier alpha value is -1.99. The van der Waals surface area contributed by atoms with Crippen molar-refractivity contribution in [2.45, 2.75) is 12.8 Å². The number of aromatic nitrogens is 2. The summed E-state index contributed by atoms with van der Waals surface area (Å²) in [6.45, 7) is 0. The molecule has 3 rings (SSSR count). The fraction of sp³-hybridized carbons (Fsp3) is 0.143. The normalized spacial score (nSPS) is 15.1. The van der Waals surface area contributed by atoms with Gasteiger partial charge < -0.3 is 5.32 Å². The summed E-state index contributed by atoms with van der Waals surface area (Å²) in [6.07, 6.45) is 1.52. The molecular formula is C14H8Cl2F3N3O. The monoisotopic (exact) mass is 361 g/mol. The van der Waals surface area contributed by atoms with Crippen molar-refractivity contribution in [2.75, 3.05) is 0 Å². The van der Waals surface area contributed by atoms with E-state index in [-0.39, 0.29) is 28.8 Å². The molecule has 1 aromatic heterocycles. The number of benzene rings is 1. The van der Waals surface area contributed by atoms with Gasteiger partial charge in [-0.05, 0) is 6.42 Å². The number of halogens is 5. The zero-order chi connectivity index (χ0) is 16.7. The number of amides is 1. The Morgan fingerprint density at radius 2 is 1.78 bits per heavy atom. The van der Waals surface area contributed by atoms with Gasteiger partial charge in [0.15, 0.2) is 10.3 Å². The highest BCUT2D eigenvalue weighted by Gasteiger charge is 2.27. The van der Waals surface area contributed by atoms with Crippen LogP contribution in [0.2, 0.25) is 10.3 Å². The van der Waals surface area contributed by atoms with Gasteiger partial charge in [0.05, 0.1) is 11.3 Å². The van der Waals surface area contributed by atoms with Gasteiger partial charge in [-0.2, -0.15) is 0 Å². The fourth-order valence-corrected chi connectivity index (χ4v) is 2.69. The van der Waals surface area contributed by atoms with Gasteiger partial charge in [0.25, 0.3) is 0 Å². The van der Waals surface area contributed by atoms with Crippen LogP contribution < -0.4 is 5.32 Å². The summed E-state index contributed by atoms with van der Waals surface area (Å²) in [7, 11) is 0. The van der Waals surface area contributed by atoms with Crippen LogP contribution in [0, 0.1) is 17.5 Å². The Labute approximate surface area is 138 Å². The molecule has 2 aromatic rings. The van der Waals surface area contributed by atoms with Gasteiger partial charge in [0.1, 0.15) is 23.8 Å². The molecule has 120 valence electrons. The number of rotatable bonds is 2. The van der Waals surface area contributed by atoms with Crippen LogP contribution in [-0.2, 0) is 4.79 Å². The highest BCUT2D eigenvalue weighted by atomic mass is 35.5. The molecule has 1 aliphatic heterocycles. The summed E-state index contributed by atoms with van der Waals surface area (Å²) >= 11 is 11.8. The summed E-state index contributed by atoms with van der Waals surface area (Å²) in [5.41, 5.74) is -0.374. The van der Waals surface area contributed by atoms with E-state index in [9.17, 15) is 18.0 Å². The van der Waals surface area contributed by atoms with Gasteiger partial charge in [-0.25, -0.2) is 18.2 Å². The molecule has 0 saturated carbocycles. The molecule has 0 spiro atoms. The van der Waals surface area contributed by atoms with Crippen molar-refractivity contribution in [3.05, 3.63) is 51.8 Å². The Bertz CT molecular complexity index is 825. The average Bonchev–Trinajstić information content (AvgIpc) is 2.78. The van der Waals surface area contributed by atoms with E-state index < -0.39 is 28.9 Å². The van der Waals surface area contributed by atoms with Crippen molar-refractivity contribution in [2.24, 2.45) is 0 Å². The summed E-state index contributed by atoms with van der Waals surface area (Å²) < 4.78 is 42.6. The van der Waals surface area contributed by atoms with E-state index >= 15 is 0 Å². The molecule has 1 aliphatic rings. The Kier molecular flexibility index (Phi) is 4.08. The molecule has 4 nitrogen and oxygen atoms in total. The third kappa shape index (κ3) is 2.82. The number of imidazole rings is 1. The highest BCUT2D eigenvalue weighted by molar-refractivity contribution is 6.40. The largest absolute Gasteiger partial charge is 0.324 e. The zero-order valence-electron chi connectivity index (χ0n) is 11.3. The van der Waals surface area contributed by atoms with Gasteiger partial charge in [-0.15, -0.1) is 0 Å². The number of carbonyl (C=O) groups excluding carboxylic acids is 1. The van der Waals surface area contributed by atoms with Crippen LogP contribution in [0.25, 0.3) is 11.4 Å². The number of hydrogen-bond donors (Lipinski definition) is 1. The summed E-state index contributed by atoms with van der Waals surface area (Å²) in [5.74, 6) is -3.76. The molecule has 1 amide bonds. The van der Waals surface area contributed by atoms with E-state index in [0.29, 0.717) is 17.8 Å². The highest BCUT2D eigenvalue weighted by Crippen LogP contribution is 2.34. The van der Waals surface area contributed by atoms with E-state index in [0.717, 1.165) is 0 Å². The van der Waals surface area contributed by atoms with Crippen molar-refractivity contribution in [3.63, 3.8) is 0 Å². The lowest BCUT2D eigenvalue weighted by atomic mass is 10.0. The topological polar surface area (TPSA) is 46.9 Å². The maximum Gasteiger partial charge on any atom is 0.224 e. The minimum absolute atomic E-state index is 0.00969. The van der Waals surface area contributed by atoms with Crippen LogP contribution in [0.3, 0.4) is 0 Å². The van der Waals surface area contributed by atoms with Crippen molar-refractivity contribution in [1.82, 2.24) is 14.9 Å². The van der Waals surface area contributed by atoms with Crippen LogP contribution in [0.4, 0.5) is 13.2 Å². The van der Waals surface area contributed by atoms with Gasteiger partial charge in [0, 0.05) is 24.3 Å². The maximum atomic E-state index is 14.1. The molecule has 0 saturated heterocycles. The molecule has 0 fully saturated rings. The van der Waals surface area contributed by atoms with E-state index in [4.69, 9.17) is 23.2 Å². The second kappa shape index (κ2) is 5.90. The number of hydrogen-bond acceptors (Lipinski definition) is 2. The van der Waals surface area contributed by atoms with Gasteiger partial charge in [0.2, 0.25) is 5.91 Å². The Balaban J connectivity index is 2.27. The summed E-state index contributed by atoms with van der Waals surface area (Å²) in [4.78, 5) is 15.5. The molecule has 2 heterocycles. The van der Waals surface area contributed by atoms with Gasteiger partial charge in [-0.1, -0.05) is 23.2 Å². The Morgan fingerprint density at radius 1 is 1.13 bits per heavy atom. The molecule has 0 atom stereocenters. The minimum Gasteiger partial charge on any atom is -0.324 e. The van der Waals surface area contributed by atoms with Crippen LogP contribution in [0.1, 0.15) is 18.4 Å². The van der Waals surface area contributed by atoms with Crippen molar-refractivity contribution in [1.29, 1.82) is 0 Å². The molecular weight excluding hydrogens is 354 g/mol. The van der Waals surface area contributed by atoms with Crippen LogP contribution in [-0.4, -0.2) is 15.5 Å². The lowest BCUT2D eigenvalue weighted by Crippen LogP contribution is -2.29. The first-order chi connectivity index (χ1) is 10.9. The number of carbonyl (C=O) groups is 1. The Morgan fingerprint density at radius 3 is 2.35 bits per heavy atom. The third-order valence-corrected chi connectivity index (χ3v) is 4.09. The smallest absolute Gasteiger partial charge is 0.224 e. The quantitative estimate of drug-likeness (QED) is 0.883. The standard InChI is InChI=1S/C14H8Cl2F3N3O/c15-13-14(16)22(5-20-13)9-1-2-10(23)21-12(9)11-7(18)3-6(17)4-8(11)19/h3-5H,1-2H2,(H,21,23). The zero-order valence-corrected chi connectivity index (χ0v) is 12.9. The van der Waals surface area contributed by atoms with Crippen LogP contribution in [0.5, 0.6) is 0 Å². The number of nitrogens with one attached hydrogen (secondary N) is 1. The summed E-state index contributed by atoms with van der Waals surface area (Å²) in [5, 5.41) is 2.46. The first-order valence-electron chi connectivity index (χ1n) is 6.45. The third-order valence-electron chi connectivity index (χ3n) is 3.36. The number of allylic oxidation sites excluding steroid dienone is 1. The van der Waals surface area contributed by atoms with Crippen molar-refractivity contribution >= 4 is 40.5 Å². The van der Waals surface area contributed by atoms with E-state index in [1.54, 1.807) is 0 Å². The van der Waals surface area contributed by atoms with Crippen molar-refractivity contribution in [3.8, 4) is 0 Å². The molecule has 1 N–H and O–H groups in total. The predicted molar refractivity (Wildman–Crippen MR) is 79.0 cm³/mol. The van der Waals surface area contributed by atoms with Crippen LogP contribution in [0.15, 0.2) is 18.5 Å². The lowest BCUT2D eigenvalue weighted by molar-refractivity contribution is -0.120. The predicted octanol–water partition coefficient (Wildman–Crippen LogP) is 3.84. The second-order valence-corrected chi connectivity index (χ2v) is 5.53. The first-order valence-corrected chi connectivity index (χ1v) is 7.20. The molecule has 0 aliphatic carbocycles. The van der Waals surface area contributed by atoms with Gasteiger partial charge in [-0.3, -0.25) is 9.36 Å². The van der Waals surface area contributed by atoms with Gasteiger partial charge >= 0.3 is 0 Å². The van der Waals surface area contributed by atoms with E-state index in [2.05, 4.69) is 10.3 Å². The first kappa shape index (κ1) is 15.9.